The quantitative estimate of drug-likeness (QED) is 0.580. The molecule has 17 heavy (non-hydrogen) atoms. The van der Waals surface area contributed by atoms with Gasteiger partial charge in [0.1, 0.15) is 6.07 Å². The monoisotopic (exact) mass is 233 g/mol. The summed E-state index contributed by atoms with van der Waals surface area (Å²) in [6.45, 7) is 1.17. The lowest BCUT2D eigenvalue weighted by molar-refractivity contribution is 0.283. The fraction of sp³-hybridized carbons (Fsp3) is 0.462. The Bertz CT molecular complexity index is 398. The van der Waals surface area contributed by atoms with Gasteiger partial charge in [-0.2, -0.15) is 5.26 Å². The second-order valence-electron chi connectivity index (χ2n) is 4.09. The van der Waals surface area contributed by atoms with Crippen LogP contribution in [0.25, 0.3) is 0 Å². The molecule has 0 saturated carbocycles. The molecule has 0 fully saturated rings. The minimum Gasteiger partial charge on any atom is -0.398 e. The Morgan fingerprint density at radius 3 is 2.76 bits per heavy atom. The van der Waals surface area contributed by atoms with E-state index >= 15 is 0 Å². The topological polar surface area (TPSA) is 73.3 Å². The summed E-state index contributed by atoms with van der Waals surface area (Å²) in [5, 5.41) is 17.6. The first-order chi connectivity index (χ1) is 8.19. The Morgan fingerprint density at radius 2 is 2.12 bits per heavy atom. The number of unbranched alkanes of at least 4 members (excludes halogenated alkanes) is 2. The molecule has 92 valence electrons. The van der Waals surface area contributed by atoms with Crippen molar-refractivity contribution in [1.29, 1.82) is 5.26 Å². The molecule has 0 unspecified atom stereocenters. The molecule has 0 amide bonds. The Labute approximate surface area is 102 Å². The number of nitriles is 1. The van der Waals surface area contributed by atoms with Crippen LogP contribution in [0.15, 0.2) is 18.2 Å². The maximum Gasteiger partial charge on any atom is 0.101 e. The largest absolute Gasteiger partial charge is 0.398 e. The van der Waals surface area contributed by atoms with E-state index < -0.39 is 0 Å². The Kier molecular flexibility index (Phi) is 5.31. The SMILES string of the molecule is CN(CCCCCO)c1ccc(N)c(C#N)c1. The van der Waals surface area contributed by atoms with Gasteiger partial charge >= 0.3 is 0 Å². The molecule has 0 aliphatic carbocycles. The highest BCUT2D eigenvalue weighted by molar-refractivity contribution is 5.62. The summed E-state index contributed by atoms with van der Waals surface area (Å²) in [6.07, 6.45) is 2.89. The van der Waals surface area contributed by atoms with Crippen molar-refractivity contribution in [3.63, 3.8) is 0 Å². The van der Waals surface area contributed by atoms with Crippen LogP contribution in [-0.2, 0) is 0 Å². The second kappa shape index (κ2) is 6.77. The van der Waals surface area contributed by atoms with Crippen LogP contribution in [-0.4, -0.2) is 25.3 Å². The van der Waals surface area contributed by atoms with Gasteiger partial charge in [0, 0.05) is 31.6 Å². The molecule has 0 bridgehead atoms. The molecule has 0 radical (unpaired) electrons. The predicted molar refractivity (Wildman–Crippen MR) is 69.8 cm³/mol. The van der Waals surface area contributed by atoms with Crippen molar-refractivity contribution in [1.82, 2.24) is 0 Å². The Balaban J connectivity index is 2.57. The van der Waals surface area contributed by atoms with Gasteiger partial charge in [-0.15, -0.1) is 0 Å². The lowest BCUT2D eigenvalue weighted by Gasteiger charge is -2.19. The lowest BCUT2D eigenvalue weighted by atomic mass is 10.1. The van der Waals surface area contributed by atoms with E-state index in [0.29, 0.717) is 11.3 Å². The fourth-order valence-corrected chi connectivity index (χ4v) is 1.65. The molecule has 0 aliphatic heterocycles. The minimum absolute atomic E-state index is 0.254. The van der Waals surface area contributed by atoms with Gasteiger partial charge in [0.25, 0.3) is 0 Å². The molecular formula is C13H19N3O. The predicted octanol–water partition coefficient (Wildman–Crippen LogP) is 1.74. The van der Waals surface area contributed by atoms with E-state index in [4.69, 9.17) is 16.1 Å². The molecule has 0 saturated heterocycles. The molecule has 0 atom stereocenters. The van der Waals surface area contributed by atoms with Crippen molar-refractivity contribution < 1.29 is 5.11 Å². The summed E-state index contributed by atoms with van der Waals surface area (Å²) in [4.78, 5) is 2.09. The number of anilines is 2. The highest BCUT2D eigenvalue weighted by atomic mass is 16.2. The molecular weight excluding hydrogens is 214 g/mol. The smallest absolute Gasteiger partial charge is 0.101 e. The molecule has 0 heterocycles. The molecule has 0 spiro atoms. The van der Waals surface area contributed by atoms with Crippen molar-refractivity contribution in [3.8, 4) is 6.07 Å². The van der Waals surface area contributed by atoms with E-state index in [-0.39, 0.29) is 6.61 Å². The first-order valence-electron chi connectivity index (χ1n) is 5.80. The molecule has 0 aliphatic rings. The van der Waals surface area contributed by atoms with Crippen molar-refractivity contribution in [3.05, 3.63) is 23.8 Å². The van der Waals surface area contributed by atoms with Crippen LogP contribution in [0.2, 0.25) is 0 Å². The molecule has 4 heteroatoms. The van der Waals surface area contributed by atoms with Crippen molar-refractivity contribution in [2.24, 2.45) is 0 Å². The van der Waals surface area contributed by atoms with Gasteiger partial charge in [0.15, 0.2) is 0 Å². The zero-order valence-electron chi connectivity index (χ0n) is 10.2. The highest BCUT2D eigenvalue weighted by Crippen LogP contribution is 2.20. The van der Waals surface area contributed by atoms with Crippen molar-refractivity contribution in [2.45, 2.75) is 19.3 Å². The van der Waals surface area contributed by atoms with Gasteiger partial charge in [-0.05, 0) is 37.5 Å². The van der Waals surface area contributed by atoms with E-state index in [9.17, 15) is 0 Å². The standard InChI is InChI=1S/C13H19N3O/c1-16(7-3-2-4-8-17)12-5-6-13(15)11(9-12)10-14/h5-6,9,17H,2-4,7-8,15H2,1H3. The van der Waals surface area contributed by atoms with Gasteiger partial charge < -0.3 is 15.7 Å². The van der Waals surface area contributed by atoms with Crippen LogP contribution < -0.4 is 10.6 Å². The molecule has 1 rings (SSSR count). The third-order valence-corrected chi connectivity index (χ3v) is 2.75. The number of hydrogen-bond acceptors (Lipinski definition) is 4. The third kappa shape index (κ3) is 3.97. The first-order valence-corrected chi connectivity index (χ1v) is 5.80. The highest BCUT2D eigenvalue weighted by Gasteiger charge is 2.04. The number of nitrogen functional groups attached to an aromatic ring is 1. The van der Waals surface area contributed by atoms with Gasteiger partial charge in [-0.1, -0.05) is 0 Å². The van der Waals surface area contributed by atoms with Crippen LogP contribution in [0.1, 0.15) is 24.8 Å². The van der Waals surface area contributed by atoms with E-state index in [0.717, 1.165) is 31.5 Å². The van der Waals surface area contributed by atoms with Crippen molar-refractivity contribution in [2.75, 3.05) is 30.8 Å². The average Bonchev–Trinajstić information content (AvgIpc) is 2.35. The van der Waals surface area contributed by atoms with E-state index in [1.807, 2.05) is 13.1 Å². The number of aliphatic hydroxyl groups excluding tert-OH is 1. The van der Waals surface area contributed by atoms with Gasteiger partial charge in [-0.3, -0.25) is 0 Å². The van der Waals surface area contributed by atoms with Gasteiger partial charge in [0.2, 0.25) is 0 Å². The van der Waals surface area contributed by atoms with Crippen LogP contribution in [0, 0.1) is 11.3 Å². The Morgan fingerprint density at radius 1 is 1.35 bits per heavy atom. The van der Waals surface area contributed by atoms with Crippen LogP contribution >= 0.6 is 0 Å². The molecule has 1 aromatic rings. The molecule has 0 aromatic heterocycles. The van der Waals surface area contributed by atoms with E-state index in [1.165, 1.54) is 0 Å². The first kappa shape index (κ1) is 13.3. The maximum atomic E-state index is 8.89. The third-order valence-electron chi connectivity index (χ3n) is 2.75. The lowest BCUT2D eigenvalue weighted by Crippen LogP contribution is -2.18. The summed E-state index contributed by atoms with van der Waals surface area (Å²) in [5.74, 6) is 0. The summed E-state index contributed by atoms with van der Waals surface area (Å²) >= 11 is 0. The van der Waals surface area contributed by atoms with Crippen LogP contribution in [0.3, 0.4) is 0 Å². The number of aliphatic hydroxyl groups is 1. The summed E-state index contributed by atoms with van der Waals surface area (Å²) < 4.78 is 0. The Hall–Kier alpha value is -1.73. The number of nitrogens with zero attached hydrogens (tertiary/aromatic N) is 2. The summed E-state index contributed by atoms with van der Waals surface area (Å²) in [5.41, 5.74) is 7.71. The summed E-state index contributed by atoms with van der Waals surface area (Å²) in [6, 6.07) is 7.57. The van der Waals surface area contributed by atoms with E-state index in [2.05, 4.69) is 11.0 Å². The number of hydrogen-bond donors (Lipinski definition) is 2. The normalized spacial score (nSPS) is 9.94. The molecule has 1 aromatic carbocycles. The van der Waals surface area contributed by atoms with Crippen LogP contribution in [0.4, 0.5) is 11.4 Å². The second-order valence-corrected chi connectivity index (χ2v) is 4.09. The van der Waals surface area contributed by atoms with Crippen LogP contribution in [0.5, 0.6) is 0 Å². The van der Waals surface area contributed by atoms with Gasteiger partial charge in [0.05, 0.1) is 5.56 Å². The summed E-state index contributed by atoms with van der Waals surface area (Å²) in [7, 11) is 1.99. The minimum atomic E-state index is 0.254. The van der Waals surface area contributed by atoms with E-state index in [1.54, 1.807) is 12.1 Å². The zero-order valence-corrected chi connectivity index (χ0v) is 10.2. The molecule has 4 nitrogen and oxygen atoms in total. The fourth-order valence-electron chi connectivity index (χ4n) is 1.65. The molecule has 3 N–H and O–H groups in total. The number of benzene rings is 1. The number of nitrogens with two attached hydrogens (primary N) is 1. The van der Waals surface area contributed by atoms with Gasteiger partial charge in [-0.25, -0.2) is 0 Å². The van der Waals surface area contributed by atoms with Crippen molar-refractivity contribution >= 4 is 11.4 Å². The average molecular weight is 233 g/mol. The maximum absolute atomic E-state index is 8.89. The number of rotatable bonds is 6. The zero-order chi connectivity index (χ0) is 12.7.